The van der Waals surface area contributed by atoms with Crippen molar-refractivity contribution < 1.29 is 5.11 Å². The number of rotatable bonds is 5. The van der Waals surface area contributed by atoms with Crippen LogP contribution in [0.3, 0.4) is 0 Å². The monoisotopic (exact) mass is 275 g/mol. The summed E-state index contributed by atoms with van der Waals surface area (Å²) in [6.45, 7) is 9.85. The van der Waals surface area contributed by atoms with Crippen LogP contribution in [-0.4, -0.2) is 32.8 Å². The molecule has 4 nitrogen and oxygen atoms in total. The third-order valence-corrected chi connectivity index (χ3v) is 3.34. The number of para-hydroxylation sites is 2. The summed E-state index contributed by atoms with van der Waals surface area (Å²) >= 11 is 0. The van der Waals surface area contributed by atoms with Gasteiger partial charge in [0.25, 0.3) is 0 Å². The summed E-state index contributed by atoms with van der Waals surface area (Å²) < 4.78 is 2.18. The lowest BCUT2D eigenvalue weighted by molar-refractivity contribution is 0.158. The molecule has 0 spiro atoms. The second-order valence-electron chi connectivity index (χ2n) is 6.25. The van der Waals surface area contributed by atoms with Crippen LogP contribution in [0.4, 0.5) is 0 Å². The van der Waals surface area contributed by atoms with E-state index < -0.39 is 6.10 Å². The molecule has 0 fully saturated rings. The first-order valence-electron chi connectivity index (χ1n) is 7.28. The zero-order valence-electron chi connectivity index (χ0n) is 12.8. The lowest BCUT2D eigenvalue weighted by Gasteiger charge is -2.22. The van der Waals surface area contributed by atoms with E-state index in [1.165, 1.54) is 0 Å². The van der Waals surface area contributed by atoms with Crippen LogP contribution in [0.25, 0.3) is 11.0 Å². The molecular formula is C16H25N3O. The summed E-state index contributed by atoms with van der Waals surface area (Å²) in [6, 6.07) is 8.12. The van der Waals surface area contributed by atoms with Crippen LogP contribution in [0.2, 0.25) is 0 Å². The van der Waals surface area contributed by atoms with Crippen molar-refractivity contribution in [1.29, 1.82) is 0 Å². The van der Waals surface area contributed by atoms with Crippen LogP contribution in [0.15, 0.2) is 24.3 Å². The molecule has 0 aliphatic heterocycles. The van der Waals surface area contributed by atoms with Gasteiger partial charge in [0.1, 0.15) is 5.82 Å². The van der Waals surface area contributed by atoms with Gasteiger partial charge in [0.05, 0.1) is 17.1 Å². The molecule has 0 bridgehead atoms. The van der Waals surface area contributed by atoms with Gasteiger partial charge < -0.3 is 15.0 Å². The van der Waals surface area contributed by atoms with Crippen LogP contribution >= 0.6 is 0 Å². The number of hydrogen-bond donors (Lipinski definition) is 2. The number of aryl methyl sites for hydroxylation is 1. The Hall–Kier alpha value is -1.39. The first-order valence-corrected chi connectivity index (χ1v) is 7.28. The Morgan fingerprint density at radius 3 is 2.65 bits per heavy atom. The number of benzene rings is 1. The summed E-state index contributed by atoms with van der Waals surface area (Å²) in [5, 5.41) is 13.5. The van der Waals surface area contributed by atoms with Crippen LogP contribution in [0.1, 0.15) is 33.5 Å². The number of aliphatic hydroxyl groups excluding tert-OH is 1. The fourth-order valence-corrected chi connectivity index (χ4v) is 2.34. The Morgan fingerprint density at radius 1 is 1.30 bits per heavy atom. The van der Waals surface area contributed by atoms with Gasteiger partial charge in [0.2, 0.25) is 0 Å². The van der Waals surface area contributed by atoms with E-state index in [-0.39, 0.29) is 5.54 Å². The zero-order valence-corrected chi connectivity index (χ0v) is 12.8. The van der Waals surface area contributed by atoms with Gasteiger partial charge in [-0.25, -0.2) is 4.98 Å². The molecule has 2 aromatic rings. The molecule has 4 heteroatoms. The third-order valence-electron chi connectivity index (χ3n) is 3.34. The molecule has 0 radical (unpaired) electrons. The lowest BCUT2D eigenvalue weighted by Crippen LogP contribution is -2.41. The number of hydrogen-bond acceptors (Lipinski definition) is 3. The molecule has 1 aromatic heterocycles. The van der Waals surface area contributed by atoms with Crippen molar-refractivity contribution in [1.82, 2.24) is 14.9 Å². The quantitative estimate of drug-likeness (QED) is 0.880. The average Bonchev–Trinajstić information content (AvgIpc) is 2.72. The van der Waals surface area contributed by atoms with Gasteiger partial charge in [-0.15, -0.1) is 0 Å². The minimum atomic E-state index is -0.420. The van der Waals surface area contributed by atoms with E-state index in [9.17, 15) is 5.11 Å². The molecule has 0 aliphatic carbocycles. The molecule has 1 aromatic carbocycles. The molecule has 110 valence electrons. The Bertz CT molecular complexity index is 569. The van der Waals surface area contributed by atoms with Gasteiger partial charge in [-0.1, -0.05) is 12.1 Å². The number of nitrogens with zero attached hydrogens (tertiary/aromatic N) is 2. The summed E-state index contributed by atoms with van der Waals surface area (Å²) in [4.78, 5) is 4.64. The summed E-state index contributed by atoms with van der Waals surface area (Å²) in [6.07, 6.45) is 0.155. The number of nitrogens with one attached hydrogen (secondary N) is 1. The van der Waals surface area contributed by atoms with Crippen molar-refractivity contribution in [3.63, 3.8) is 0 Å². The molecular weight excluding hydrogens is 250 g/mol. The highest BCUT2D eigenvalue weighted by Crippen LogP contribution is 2.17. The molecule has 0 amide bonds. The van der Waals surface area contributed by atoms with E-state index in [4.69, 9.17) is 0 Å². The summed E-state index contributed by atoms with van der Waals surface area (Å²) in [5.41, 5.74) is 2.16. The van der Waals surface area contributed by atoms with Crippen molar-refractivity contribution in [3.8, 4) is 0 Å². The number of β-amino-alcohol motifs (C(OH)–C–C–N with tert-alkyl or cyclic N) is 1. The normalized spacial score (nSPS) is 13.8. The molecule has 1 unspecified atom stereocenters. The van der Waals surface area contributed by atoms with Gasteiger partial charge in [-0.2, -0.15) is 0 Å². The molecule has 2 rings (SSSR count). The molecule has 0 saturated carbocycles. The predicted octanol–water partition coefficient (Wildman–Crippen LogP) is 2.35. The summed E-state index contributed by atoms with van der Waals surface area (Å²) in [5.74, 6) is 0.955. The Balaban J connectivity index is 2.13. The highest BCUT2D eigenvalue weighted by atomic mass is 16.3. The number of imidazole rings is 1. The SMILES string of the molecule is CCn1c(CC(O)CNC(C)(C)C)nc2ccccc21. The van der Waals surface area contributed by atoms with Crippen LogP contribution in [0.5, 0.6) is 0 Å². The van der Waals surface area contributed by atoms with E-state index in [1.54, 1.807) is 0 Å². The first-order chi connectivity index (χ1) is 9.40. The van der Waals surface area contributed by atoms with Gasteiger partial charge in [0.15, 0.2) is 0 Å². The molecule has 2 N–H and O–H groups in total. The standard InChI is InChI=1S/C16H25N3O/c1-5-19-14-9-7-6-8-13(14)18-15(19)10-12(20)11-17-16(2,3)4/h6-9,12,17,20H,5,10-11H2,1-4H3. The number of fused-ring (bicyclic) bond motifs is 1. The Morgan fingerprint density at radius 2 is 2.00 bits per heavy atom. The second-order valence-corrected chi connectivity index (χ2v) is 6.25. The fraction of sp³-hybridized carbons (Fsp3) is 0.562. The fourth-order valence-electron chi connectivity index (χ4n) is 2.34. The minimum Gasteiger partial charge on any atom is -0.391 e. The van der Waals surface area contributed by atoms with Gasteiger partial charge in [-0.3, -0.25) is 0 Å². The van der Waals surface area contributed by atoms with Gasteiger partial charge >= 0.3 is 0 Å². The van der Waals surface area contributed by atoms with Gasteiger partial charge in [0, 0.05) is 25.0 Å². The van der Waals surface area contributed by atoms with E-state index in [0.29, 0.717) is 13.0 Å². The maximum Gasteiger partial charge on any atom is 0.112 e. The van der Waals surface area contributed by atoms with E-state index in [2.05, 4.69) is 48.6 Å². The van der Waals surface area contributed by atoms with Crippen molar-refractivity contribution in [2.45, 2.75) is 52.3 Å². The predicted molar refractivity (Wildman–Crippen MR) is 82.9 cm³/mol. The van der Waals surface area contributed by atoms with Crippen LogP contribution < -0.4 is 5.32 Å². The first kappa shape index (κ1) is 15.0. The lowest BCUT2D eigenvalue weighted by atomic mass is 10.1. The van der Waals surface area contributed by atoms with Crippen molar-refractivity contribution >= 4 is 11.0 Å². The topological polar surface area (TPSA) is 50.1 Å². The van der Waals surface area contributed by atoms with Crippen molar-refractivity contribution in [2.24, 2.45) is 0 Å². The molecule has 0 aliphatic rings. The highest BCUT2D eigenvalue weighted by molar-refractivity contribution is 5.75. The molecule has 1 heterocycles. The second kappa shape index (κ2) is 5.94. The highest BCUT2D eigenvalue weighted by Gasteiger charge is 2.16. The number of aromatic nitrogens is 2. The Labute approximate surface area is 120 Å². The molecule has 20 heavy (non-hydrogen) atoms. The maximum atomic E-state index is 10.2. The van der Waals surface area contributed by atoms with E-state index in [1.807, 2.05) is 18.2 Å². The van der Waals surface area contributed by atoms with E-state index >= 15 is 0 Å². The average molecular weight is 275 g/mol. The summed E-state index contributed by atoms with van der Waals surface area (Å²) in [7, 11) is 0. The molecule has 0 saturated heterocycles. The maximum absolute atomic E-state index is 10.2. The van der Waals surface area contributed by atoms with E-state index in [0.717, 1.165) is 23.4 Å². The van der Waals surface area contributed by atoms with Crippen molar-refractivity contribution in [2.75, 3.05) is 6.54 Å². The Kier molecular flexibility index (Phi) is 4.45. The minimum absolute atomic E-state index is 0.0197. The van der Waals surface area contributed by atoms with Crippen LogP contribution in [-0.2, 0) is 13.0 Å². The third kappa shape index (κ3) is 3.58. The van der Waals surface area contributed by atoms with Crippen LogP contribution in [0, 0.1) is 0 Å². The zero-order chi connectivity index (χ0) is 14.8. The smallest absolute Gasteiger partial charge is 0.112 e. The van der Waals surface area contributed by atoms with Gasteiger partial charge in [-0.05, 0) is 39.8 Å². The largest absolute Gasteiger partial charge is 0.391 e. The molecule has 1 atom stereocenters. The van der Waals surface area contributed by atoms with Crippen molar-refractivity contribution in [3.05, 3.63) is 30.1 Å². The number of aliphatic hydroxyl groups is 1.